The molecule has 0 unspecified atom stereocenters. The zero-order valence-corrected chi connectivity index (χ0v) is 12.2. The van der Waals surface area contributed by atoms with Crippen LogP contribution in [0.5, 0.6) is 5.75 Å². The average molecular weight is 331 g/mol. The molecule has 6 heteroatoms. The Bertz CT molecular complexity index is 674. The van der Waals surface area contributed by atoms with Crippen molar-refractivity contribution >= 4 is 34.8 Å². The molecule has 0 aliphatic carbocycles. The van der Waals surface area contributed by atoms with E-state index < -0.39 is 5.82 Å². The topological polar surface area (TPSA) is 33.0 Å². The molecular formula is C14H7Cl3FNO. The molecule has 0 aliphatic heterocycles. The highest BCUT2D eigenvalue weighted by Gasteiger charge is 2.11. The molecule has 2 rings (SSSR count). The summed E-state index contributed by atoms with van der Waals surface area (Å²) in [4.78, 5) is 0. The molecule has 2 nitrogen and oxygen atoms in total. The Hall–Kier alpha value is -1.47. The van der Waals surface area contributed by atoms with Crippen molar-refractivity contribution in [3.05, 3.63) is 62.3 Å². The molecule has 0 fully saturated rings. The molecule has 0 bridgehead atoms. The van der Waals surface area contributed by atoms with Gasteiger partial charge in [-0.1, -0.05) is 34.8 Å². The molecule has 0 heterocycles. The minimum Gasteiger partial charge on any atom is -0.486 e. The Balaban J connectivity index is 2.24. The normalized spacial score (nSPS) is 10.2. The lowest BCUT2D eigenvalue weighted by Crippen LogP contribution is -2.00. The molecule has 2 aromatic rings. The number of ether oxygens (including phenoxy) is 1. The molecule has 0 radical (unpaired) electrons. The van der Waals surface area contributed by atoms with E-state index in [2.05, 4.69) is 0 Å². The van der Waals surface area contributed by atoms with E-state index in [1.807, 2.05) is 6.07 Å². The fourth-order valence-corrected chi connectivity index (χ4v) is 2.50. The number of halogens is 4. The number of nitriles is 1. The number of benzene rings is 2. The maximum Gasteiger partial charge on any atom is 0.157 e. The zero-order chi connectivity index (χ0) is 14.7. The van der Waals surface area contributed by atoms with E-state index in [0.717, 1.165) is 0 Å². The smallest absolute Gasteiger partial charge is 0.157 e. The van der Waals surface area contributed by atoms with Crippen molar-refractivity contribution in [3.63, 3.8) is 0 Å². The third-order valence-corrected chi connectivity index (χ3v) is 3.29. The summed E-state index contributed by atoms with van der Waals surface area (Å²) in [5.41, 5.74) is 0.587. The lowest BCUT2D eigenvalue weighted by Gasteiger charge is -2.11. The Kier molecular flexibility index (Phi) is 4.72. The first-order chi connectivity index (χ1) is 9.51. The predicted molar refractivity (Wildman–Crippen MR) is 76.9 cm³/mol. The standard InChI is InChI=1S/C14H7Cl3FNO/c15-10-4-11(16)14(12(17)5-10)20-7-9-3-8(6-19)1-2-13(9)18/h1-5H,7H2. The van der Waals surface area contributed by atoms with Gasteiger partial charge in [-0.05, 0) is 30.3 Å². The van der Waals surface area contributed by atoms with Gasteiger partial charge < -0.3 is 4.74 Å². The van der Waals surface area contributed by atoms with Gasteiger partial charge in [-0.25, -0.2) is 4.39 Å². The molecule has 0 atom stereocenters. The Morgan fingerprint density at radius 1 is 1.10 bits per heavy atom. The maximum atomic E-state index is 13.6. The van der Waals surface area contributed by atoms with Crippen LogP contribution in [-0.2, 0) is 6.61 Å². The minimum atomic E-state index is -0.467. The van der Waals surface area contributed by atoms with E-state index in [1.54, 1.807) is 0 Å². The van der Waals surface area contributed by atoms with E-state index in [1.165, 1.54) is 30.3 Å². The van der Waals surface area contributed by atoms with Crippen LogP contribution in [0, 0.1) is 17.1 Å². The third kappa shape index (κ3) is 3.34. The molecule has 20 heavy (non-hydrogen) atoms. The second-order valence-corrected chi connectivity index (χ2v) is 5.16. The van der Waals surface area contributed by atoms with Crippen molar-refractivity contribution in [2.45, 2.75) is 6.61 Å². The van der Waals surface area contributed by atoms with Gasteiger partial charge in [-0.2, -0.15) is 5.26 Å². The number of rotatable bonds is 3. The van der Waals surface area contributed by atoms with Gasteiger partial charge >= 0.3 is 0 Å². The first-order valence-electron chi connectivity index (χ1n) is 5.47. The van der Waals surface area contributed by atoms with Gasteiger partial charge in [0.05, 0.1) is 21.7 Å². The van der Waals surface area contributed by atoms with Crippen LogP contribution in [0.4, 0.5) is 4.39 Å². The molecule has 0 aromatic heterocycles. The number of hydrogen-bond acceptors (Lipinski definition) is 2. The van der Waals surface area contributed by atoms with Crippen molar-refractivity contribution in [1.82, 2.24) is 0 Å². The fourth-order valence-electron chi connectivity index (χ4n) is 1.57. The van der Waals surface area contributed by atoms with Crippen LogP contribution < -0.4 is 4.74 Å². The molecule has 0 aliphatic rings. The largest absolute Gasteiger partial charge is 0.486 e. The van der Waals surface area contributed by atoms with E-state index in [9.17, 15) is 4.39 Å². The van der Waals surface area contributed by atoms with Gasteiger partial charge in [-0.3, -0.25) is 0 Å². The summed E-state index contributed by atoms with van der Waals surface area (Å²) >= 11 is 17.7. The monoisotopic (exact) mass is 329 g/mol. The first-order valence-corrected chi connectivity index (χ1v) is 6.60. The first kappa shape index (κ1) is 14.9. The molecular weight excluding hydrogens is 324 g/mol. The summed E-state index contributed by atoms with van der Waals surface area (Å²) in [5, 5.41) is 9.64. The minimum absolute atomic E-state index is 0.0948. The van der Waals surface area contributed by atoms with Crippen molar-refractivity contribution in [3.8, 4) is 11.8 Å². The van der Waals surface area contributed by atoms with Gasteiger partial charge in [-0.15, -0.1) is 0 Å². The van der Waals surface area contributed by atoms with Gasteiger partial charge in [0, 0.05) is 10.6 Å². The summed E-state index contributed by atoms with van der Waals surface area (Å²) < 4.78 is 19.0. The molecule has 0 saturated carbocycles. The predicted octanol–water partition coefficient (Wildman–Crippen LogP) is 5.24. The van der Waals surface area contributed by atoms with E-state index >= 15 is 0 Å². The fraction of sp³-hybridized carbons (Fsp3) is 0.0714. The van der Waals surface area contributed by atoms with Crippen LogP contribution in [0.25, 0.3) is 0 Å². The van der Waals surface area contributed by atoms with Crippen molar-refractivity contribution < 1.29 is 9.13 Å². The zero-order valence-electron chi connectivity index (χ0n) is 9.96. The summed E-state index contributed by atoms with van der Waals surface area (Å²) in [5.74, 6) is -0.246. The van der Waals surface area contributed by atoms with Gasteiger partial charge in [0.2, 0.25) is 0 Å². The highest BCUT2D eigenvalue weighted by atomic mass is 35.5. The number of nitrogens with zero attached hydrogens (tertiary/aromatic N) is 1. The van der Waals surface area contributed by atoms with Crippen molar-refractivity contribution in [2.75, 3.05) is 0 Å². The Morgan fingerprint density at radius 2 is 1.75 bits per heavy atom. The molecule has 0 amide bonds. The number of hydrogen-bond donors (Lipinski definition) is 0. The maximum absolute atomic E-state index is 13.6. The van der Waals surface area contributed by atoms with Crippen LogP contribution in [0.15, 0.2) is 30.3 Å². The van der Waals surface area contributed by atoms with Gasteiger partial charge in [0.15, 0.2) is 5.75 Å². The second kappa shape index (κ2) is 6.32. The van der Waals surface area contributed by atoms with E-state index in [4.69, 9.17) is 44.8 Å². The van der Waals surface area contributed by atoms with Crippen LogP contribution >= 0.6 is 34.8 Å². The SMILES string of the molecule is N#Cc1ccc(F)c(COc2c(Cl)cc(Cl)cc2Cl)c1. The quantitative estimate of drug-likeness (QED) is 0.771. The van der Waals surface area contributed by atoms with E-state index in [0.29, 0.717) is 10.6 Å². The summed E-state index contributed by atoms with van der Waals surface area (Å²) in [6, 6.07) is 8.90. The summed E-state index contributed by atoms with van der Waals surface area (Å²) in [6.45, 7) is -0.0948. The molecule has 0 saturated heterocycles. The second-order valence-electron chi connectivity index (χ2n) is 3.91. The van der Waals surface area contributed by atoms with Crippen LogP contribution in [0.3, 0.4) is 0 Å². The van der Waals surface area contributed by atoms with Gasteiger partial charge in [0.25, 0.3) is 0 Å². The third-order valence-electron chi connectivity index (χ3n) is 2.51. The van der Waals surface area contributed by atoms with Crippen molar-refractivity contribution in [2.24, 2.45) is 0 Å². The van der Waals surface area contributed by atoms with Crippen molar-refractivity contribution in [1.29, 1.82) is 5.26 Å². The van der Waals surface area contributed by atoms with E-state index in [-0.39, 0.29) is 28.0 Å². The Labute approximate surface area is 130 Å². The lowest BCUT2D eigenvalue weighted by molar-refractivity contribution is 0.300. The van der Waals surface area contributed by atoms with Crippen LogP contribution in [-0.4, -0.2) is 0 Å². The molecule has 0 N–H and O–H groups in total. The molecule has 0 spiro atoms. The summed E-state index contributed by atoms with van der Waals surface area (Å²) in [7, 11) is 0. The molecule has 102 valence electrons. The highest BCUT2D eigenvalue weighted by molar-refractivity contribution is 6.40. The highest BCUT2D eigenvalue weighted by Crippen LogP contribution is 2.36. The lowest BCUT2D eigenvalue weighted by atomic mass is 10.1. The van der Waals surface area contributed by atoms with Gasteiger partial charge in [0.1, 0.15) is 12.4 Å². The van der Waals surface area contributed by atoms with Crippen LogP contribution in [0.1, 0.15) is 11.1 Å². The van der Waals surface area contributed by atoms with Crippen LogP contribution in [0.2, 0.25) is 15.1 Å². The Morgan fingerprint density at radius 3 is 2.35 bits per heavy atom. The molecule has 2 aromatic carbocycles. The average Bonchev–Trinajstić information content (AvgIpc) is 2.39. The summed E-state index contributed by atoms with van der Waals surface area (Å²) in [6.07, 6.45) is 0.